The molecule has 1 heterocycles. The van der Waals surface area contributed by atoms with Gasteiger partial charge >= 0.3 is 6.09 Å². The molecule has 0 atom stereocenters. The number of nitrogens with zero attached hydrogens (tertiary/aromatic N) is 2. The van der Waals surface area contributed by atoms with E-state index in [1.807, 2.05) is 39.0 Å². The minimum Gasteiger partial charge on any atom is -0.444 e. The Morgan fingerprint density at radius 1 is 0.920 bits per heavy atom. The Labute approximate surface area is 148 Å². The maximum atomic E-state index is 12.3. The summed E-state index contributed by atoms with van der Waals surface area (Å²) in [5.41, 5.74) is 0.104. The molecule has 0 bridgehead atoms. The van der Waals surface area contributed by atoms with Gasteiger partial charge in [-0.05, 0) is 20.8 Å². The van der Waals surface area contributed by atoms with Gasteiger partial charge in [-0.1, -0.05) is 30.3 Å². The number of carbonyl (C=O) groups excluding carboxylic acids is 3. The largest absolute Gasteiger partial charge is 0.444 e. The van der Waals surface area contributed by atoms with E-state index in [9.17, 15) is 14.4 Å². The van der Waals surface area contributed by atoms with Crippen LogP contribution >= 0.6 is 0 Å². The molecule has 0 aromatic heterocycles. The number of benzene rings is 1. The average Bonchev–Trinajstić information content (AvgIpc) is 2.58. The molecule has 1 aromatic rings. The van der Waals surface area contributed by atoms with Gasteiger partial charge in [0.05, 0.1) is 0 Å². The molecule has 1 aliphatic heterocycles. The topological polar surface area (TPSA) is 66.9 Å². The molecule has 0 N–H and O–H groups in total. The Kier molecular flexibility index (Phi) is 6.17. The molecule has 0 aliphatic carbocycles. The second-order valence-corrected chi connectivity index (χ2v) is 7.14. The first-order valence-electron chi connectivity index (χ1n) is 8.60. The van der Waals surface area contributed by atoms with Crippen molar-refractivity contribution in [3.8, 4) is 0 Å². The van der Waals surface area contributed by atoms with Crippen LogP contribution in [0.4, 0.5) is 4.79 Å². The van der Waals surface area contributed by atoms with Crippen LogP contribution in [-0.4, -0.2) is 59.4 Å². The molecule has 1 aliphatic rings. The molecule has 1 saturated heterocycles. The number of rotatable bonds is 4. The van der Waals surface area contributed by atoms with Crippen LogP contribution < -0.4 is 0 Å². The maximum absolute atomic E-state index is 12.3. The molecule has 136 valence electrons. The zero-order chi connectivity index (χ0) is 18.4. The van der Waals surface area contributed by atoms with Gasteiger partial charge in [0.15, 0.2) is 5.78 Å². The number of ether oxygens (including phenoxy) is 1. The highest BCUT2D eigenvalue weighted by Gasteiger charge is 2.27. The third-order valence-corrected chi connectivity index (χ3v) is 3.95. The molecule has 0 unspecified atom stereocenters. The van der Waals surface area contributed by atoms with Crippen LogP contribution in [-0.2, 0) is 9.53 Å². The summed E-state index contributed by atoms with van der Waals surface area (Å²) in [4.78, 5) is 39.7. The van der Waals surface area contributed by atoms with E-state index < -0.39 is 5.60 Å². The lowest BCUT2D eigenvalue weighted by Gasteiger charge is -2.35. The van der Waals surface area contributed by atoms with Crippen molar-refractivity contribution in [1.29, 1.82) is 0 Å². The number of ketones is 1. The summed E-state index contributed by atoms with van der Waals surface area (Å²) < 4.78 is 5.34. The molecule has 1 fully saturated rings. The SMILES string of the molecule is CC(C)(C)OC(=O)N1CCN(C(=O)CCC(=O)c2ccccc2)CC1. The molecule has 0 spiro atoms. The summed E-state index contributed by atoms with van der Waals surface area (Å²) >= 11 is 0. The van der Waals surface area contributed by atoms with Crippen molar-refractivity contribution in [1.82, 2.24) is 9.80 Å². The van der Waals surface area contributed by atoms with E-state index in [2.05, 4.69) is 0 Å². The van der Waals surface area contributed by atoms with Crippen molar-refractivity contribution in [2.45, 2.75) is 39.2 Å². The first-order valence-corrected chi connectivity index (χ1v) is 8.60. The zero-order valence-electron chi connectivity index (χ0n) is 15.2. The second-order valence-electron chi connectivity index (χ2n) is 7.14. The van der Waals surface area contributed by atoms with Gasteiger partial charge in [-0.2, -0.15) is 0 Å². The predicted octanol–water partition coefficient (Wildman–Crippen LogP) is 2.73. The van der Waals surface area contributed by atoms with Crippen molar-refractivity contribution in [2.75, 3.05) is 26.2 Å². The highest BCUT2D eigenvalue weighted by Crippen LogP contribution is 2.13. The van der Waals surface area contributed by atoms with Crippen LogP contribution in [0.25, 0.3) is 0 Å². The minimum atomic E-state index is -0.526. The number of piperazine rings is 1. The number of carbonyl (C=O) groups is 3. The lowest BCUT2D eigenvalue weighted by molar-refractivity contribution is -0.132. The smallest absolute Gasteiger partial charge is 0.410 e. The fourth-order valence-electron chi connectivity index (χ4n) is 2.61. The van der Waals surface area contributed by atoms with Crippen LogP contribution in [0.15, 0.2) is 30.3 Å². The fraction of sp³-hybridized carbons (Fsp3) is 0.526. The van der Waals surface area contributed by atoms with Crippen molar-refractivity contribution < 1.29 is 19.1 Å². The van der Waals surface area contributed by atoms with E-state index in [-0.39, 0.29) is 30.6 Å². The fourth-order valence-corrected chi connectivity index (χ4v) is 2.61. The van der Waals surface area contributed by atoms with Crippen molar-refractivity contribution in [3.05, 3.63) is 35.9 Å². The van der Waals surface area contributed by atoms with Gasteiger partial charge in [0.25, 0.3) is 0 Å². The van der Waals surface area contributed by atoms with Crippen molar-refractivity contribution in [3.63, 3.8) is 0 Å². The third kappa shape index (κ3) is 5.89. The number of amides is 2. The Morgan fingerprint density at radius 3 is 2.04 bits per heavy atom. The van der Waals surface area contributed by atoms with E-state index in [1.54, 1.807) is 21.9 Å². The normalized spacial score (nSPS) is 15.0. The summed E-state index contributed by atoms with van der Waals surface area (Å²) in [5.74, 6) is -0.0746. The first-order chi connectivity index (χ1) is 11.8. The quantitative estimate of drug-likeness (QED) is 0.786. The summed E-state index contributed by atoms with van der Waals surface area (Å²) in [5, 5.41) is 0. The van der Waals surface area contributed by atoms with Gasteiger partial charge in [-0.3, -0.25) is 9.59 Å². The minimum absolute atomic E-state index is 0.0265. The predicted molar refractivity (Wildman–Crippen MR) is 94.4 cm³/mol. The molecule has 2 rings (SSSR count). The van der Waals surface area contributed by atoms with E-state index in [0.717, 1.165) is 0 Å². The van der Waals surface area contributed by atoms with Gasteiger partial charge in [-0.15, -0.1) is 0 Å². The molecule has 2 amide bonds. The highest BCUT2D eigenvalue weighted by molar-refractivity contribution is 5.97. The number of Topliss-reactive ketones (excluding diaryl/α,β-unsaturated/α-hetero) is 1. The maximum Gasteiger partial charge on any atom is 0.410 e. The molecule has 6 heteroatoms. The Bertz CT molecular complexity index is 614. The van der Waals surface area contributed by atoms with E-state index in [4.69, 9.17) is 4.74 Å². The summed E-state index contributed by atoms with van der Waals surface area (Å²) in [6.07, 6.45) is 0.0498. The molecule has 0 saturated carbocycles. The summed E-state index contributed by atoms with van der Waals surface area (Å²) in [6.45, 7) is 7.33. The summed E-state index contributed by atoms with van der Waals surface area (Å²) in [6, 6.07) is 8.99. The molecular weight excluding hydrogens is 320 g/mol. The Morgan fingerprint density at radius 2 is 1.48 bits per heavy atom. The van der Waals surface area contributed by atoms with Gasteiger partial charge in [-0.25, -0.2) is 4.79 Å². The Hall–Kier alpha value is -2.37. The van der Waals surface area contributed by atoms with E-state index >= 15 is 0 Å². The van der Waals surface area contributed by atoms with E-state index in [0.29, 0.717) is 31.7 Å². The second kappa shape index (κ2) is 8.14. The highest BCUT2D eigenvalue weighted by atomic mass is 16.6. The van der Waals surface area contributed by atoms with Crippen LogP contribution in [0, 0.1) is 0 Å². The van der Waals surface area contributed by atoms with Crippen molar-refractivity contribution in [2.24, 2.45) is 0 Å². The molecule has 0 radical (unpaired) electrons. The third-order valence-electron chi connectivity index (χ3n) is 3.95. The van der Waals surface area contributed by atoms with Crippen LogP contribution in [0.2, 0.25) is 0 Å². The van der Waals surface area contributed by atoms with E-state index in [1.165, 1.54) is 0 Å². The van der Waals surface area contributed by atoms with Gasteiger partial charge in [0.2, 0.25) is 5.91 Å². The summed E-state index contributed by atoms with van der Waals surface area (Å²) in [7, 11) is 0. The monoisotopic (exact) mass is 346 g/mol. The molecule has 1 aromatic carbocycles. The average molecular weight is 346 g/mol. The molecule has 25 heavy (non-hydrogen) atoms. The zero-order valence-corrected chi connectivity index (χ0v) is 15.2. The lowest BCUT2D eigenvalue weighted by Crippen LogP contribution is -2.51. The van der Waals surface area contributed by atoms with Gasteiger partial charge in [0, 0.05) is 44.6 Å². The standard InChI is InChI=1S/C19H26N2O4/c1-19(2,3)25-18(24)21-13-11-20(12-14-21)17(23)10-9-16(22)15-7-5-4-6-8-15/h4-8H,9-14H2,1-3H3. The molecule has 6 nitrogen and oxygen atoms in total. The Balaban J connectivity index is 1.76. The van der Waals surface area contributed by atoms with Crippen LogP contribution in [0.1, 0.15) is 44.0 Å². The van der Waals surface area contributed by atoms with Crippen LogP contribution in [0.5, 0.6) is 0 Å². The van der Waals surface area contributed by atoms with Gasteiger partial charge in [0.1, 0.15) is 5.60 Å². The first kappa shape index (κ1) is 19.0. The van der Waals surface area contributed by atoms with Crippen LogP contribution in [0.3, 0.4) is 0 Å². The van der Waals surface area contributed by atoms with Crippen molar-refractivity contribution >= 4 is 17.8 Å². The lowest BCUT2D eigenvalue weighted by atomic mass is 10.1. The number of hydrogen-bond acceptors (Lipinski definition) is 4. The number of hydrogen-bond donors (Lipinski definition) is 0. The van der Waals surface area contributed by atoms with Gasteiger partial charge < -0.3 is 14.5 Å². The molecular formula is C19H26N2O4.